The molecule has 0 aliphatic heterocycles. The Morgan fingerprint density at radius 1 is 1.25 bits per heavy atom. The highest BCUT2D eigenvalue weighted by atomic mass is 19.4. The smallest absolute Gasteiger partial charge is 0.420 e. The van der Waals surface area contributed by atoms with Crippen molar-refractivity contribution in [2.24, 2.45) is 0 Å². The van der Waals surface area contributed by atoms with Gasteiger partial charge in [0.15, 0.2) is 0 Å². The number of nitrogens with two attached hydrogens (primary N) is 1. The Hall–Kier alpha value is -3.75. The molecule has 0 amide bonds. The van der Waals surface area contributed by atoms with E-state index < -0.39 is 17.8 Å². The topological polar surface area (TPSA) is 94.1 Å². The number of imidazole rings is 1. The molecule has 1 aliphatic carbocycles. The average molecular weight is 498 g/mol. The number of hydrogen-bond donors (Lipinski definition) is 2. The number of alkyl halides is 3. The molecule has 6 nitrogen and oxygen atoms in total. The number of benzene rings is 2. The van der Waals surface area contributed by atoms with Gasteiger partial charge in [0.05, 0.1) is 12.0 Å². The maximum atomic E-state index is 14.3. The van der Waals surface area contributed by atoms with Crippen LogP contribution in [-0.4, -0.2) is 22.5 Å². The van der Waals surface area contributed by atoms with Crippen LogP contribution in [0.25, 0.3) is 22.3 Å². The molecule has 2 heterocycles. The third-order valence-corrected chi connectivity index (χ3v) is 6.83. The van der Waals surface area contributed by atoms with Crippen LogP contribution in [-0.2, 0) is 22.1 Å². The lowest BCUT2D eigenvalue weighted by atomic mass is 9.88. The fourth-order valence-electron chi connectivity index (χ4n) is 4.98. The number of hydrogen-bond acceptors (Lipinski definition) is 5. The third-order valence-electron chi connectivity index (χ3n) is 6.83. The van der Waals surface area contributed by atoms with E-state index in [0.29, 0.717) is 24.4 Å². The molecule has 0 saturated heterocycles. The summed E-state index contributed by atoms with van der Waals surface area (Å²) < 4.78 is 53.9. The van der Waals surface area contributed by atoms with Crippen molar-refractivity contribution in [3.63, 3.8) is 0 Å². The number of fused-ring (bicyclic) bond motifs is 1. The second kappa shape index (κ2) is 9.37. The molecule has 3 N–H and O–H groups in total. The van der Waals surface area contributed by atoms with Crippen molar-refractivity contribution in [3.05, 3.63) is 71.3 Å². The van der Waals surface area contributed by atoms with Gasteiger partial charge in [0.1, 0.15) is 23.0 Å². The summed E-state index contributed by atoms with van der Waals surface area (Å²) in [5.41, 5.74) is 8.07. The minimum atomic E-state index is -4.67. The number of anilines is 1. The SMILES string of the molecule is CCC(c1nc[nH]c1C1CC1)C(Cc1ccc2oc(-c3ccccc3N)c(C(F)(F)F)c2c1)OC=O. The molecule has 2 aromatic carbocycles. The molecule has 1 fully saturated rings. The lowest BCUT2D eigenvalue weighted by Crippen LogP contribution is -2.25. The van der Waals surface area contributed by atoms with E-state index in [1.165, 1.54) is 24.3 Å². The monoisotopic (exact) mass is 497 g/mol. The summed E-state index contributed by atoms with van der Waals surface area (Å²) in [6.45, 7) is 2.37. The Bertz CT molecular complexity index is 1390. The Kier molecular flexibility index (Phi) is 6.24. The fraction of sp³-hybridized carbons (Fsp3) is 0.333. The molecule has 188 valence electrons. The lowest BCUT2D eigenvalue weighted by molar-refractivity contribution is -0.136. The number of carbonyl (C=O) groups is 1. The number of aromatic nitrogens is 2. The first-order chi connectivity index (χ1) is 17.3. The summed E-state index contributed by atoms with van der Waals surface area (Å²) in [6, 6.07) is 11.0. The third kappa shape index (κ3) is 4.45. The van der Waals surface area contributed by atoms with Gasteiger partial charge in [-0.05, 0) is 49.1 Å². The van der Waals surface area contributed by atoms with Crippen molar-refractivity contribution < 1.29 is 27.1 Å². The van der Waals surface area contributed by atoms with Gasteiger partial charge in [-0.25, -0.2) is 4.98 Å². The zero-order chi connectivity index (χ0) is 25.4. The number of carbonyl (C=O) groups excluding carboxylic acids is 1. The van der Waals surface area contributed by atoms with E-state index in [9.17, 15) is 18.0 Å². The van der Waals surface area contributed by atoms with Crippen LogP contribution in [0.4, 0.5) is 18.9 Å². The first-order valence-corrected chi connectivity index (χ1v) is 11.9. The van der Waals surface area contributed by atoms with Gasteiger partial charge in [-0.15, -0.1) is 0 Å². The van der Waals surface area contributed by atoms with Gasteiger partial charge in [-0.3, -0.25) is 4.79 Å². The van der Waals surface area contributed by atoms with Crippen LogP contribution in [0.15, 0.2) is 53.2 Å². The molecular formula is C27H26F3N3O3. The van der Waals surface area contributed by atoms with Crippen molar-refractivity contribution >= 4 is 23.1 Å². The first-order valence-electron chi connectivity index (χ1n) is 11.9. The second-order valence-electron chi connectivity index (χ2n) is 9.19. The number of para-hydroxylation sites is 1. The highest BCUT2D eigenvalue weighted by Gasteiger charge is 2.40. The summed E-state index contributed by atoms with van der Waals surface area (Å²) in [7, 11) is 0. The van der Waals surface area contributed by atoms with Crippen LogP contribution in [0.2, 0.25) is 0 Å². The molecule has 0 radical (unpaired) electrons. The van der Waals surface area contributed by atoms with Crippen LogP contribution in [0.1, 0.15) is 60.5 Å². The number of aromatic amines is 1. The highest BCUT2D eigenvalue weighted by molar-refractivity contribution is 5.91. The number of nitrogens with one attached hydrogen (secondary N) is 1. The van der Waals surface area contributed by atoms with Crippen LogP contribution in [0, 0.1) is 0 Å². The highest BCUT2D eigenvalue weighted by Crippen LogP contribution is 2.46. The molecule has 2 aromatic heterocycles. The molecule has 1 aliphatic rings. The Morgan fingerprint density at radius 2 is 2.03 bits per heavy atom. The molecule has 36 heavy (non-hydrogen) atoms. The summed E-state index contributed by atoms with van der Waals surface area (Å²) in [5.74, 6) is -0.0850. The van der Waals surface area contributed by atoms with Crippen LogP contribution < -0.4 is 5.73 Å². The summed E-state index contributed by atoms with van der Waals surface area (Å²) in [4.78, 5) is 19.1. The van der Waals surface area contributed by atoms with E-state index in [1.54, 1.807) is 24.5 Å². The van der Waals surface area contributed by atoms with Gasteiger partial charge < -0.3 is 19.9 Å². The Balaban J connectivity index is 1.55. The largest absolute Gasteiger partial charge is 0.464 e. The number of H-pyrrole nitrogens is 1. The quantitative estimate of drug-likeness (QED) is 0.201. The number of nitrogens with zero attached hydrogens (tertiary/aromatic N) is 1. The summed E-state index contributed by atoms with van der Waals surface area (Å²) in [5, 5.41) is -0.0606. The zero-order valence-electron chi connectivity index (χ0n) is 19.6. The predicted molar refractivity (Wildman–Crippen MR) is 129 cm³/mol. The van der Waals surface area contributed by atoms with Crippen molar-refractivity contribution in [2.75, 3.05) is 5.73 Å². The number of ether oxygens (including phenoxy) is 1. The Labute approximate surface area is 205 Å². The van der Waals surface area contributed by atoms with Crippen molar-refractivity contribution in [2.45, 2.75) is 56.7 Å². The normalized spacial score (nSPS) is 15.7. The summed E-state index contributed by atoms with van der Waals surface area (Å²) in [6.07, 6.45) is -0.560. The minimum Gasteiger partial charge on any atom is -0.464 e. The molecule has 4 aromatic rings. The van der Waals surface area contributed by atoms with Crippen molar-refractivity contribution in [3.8, 4) is 11.3 Å². The maximum absolute atomic E-state index is 14.3. The van der Waals surface area contributed by atoms with Crippen molar-refractivity contribution in [1.29, 1.82) is 0 Å². The molecular weight excluding hydrogens is 471 g/mol. The number of furan rings is 1. The van der Waals surface area contributed by atoms with Crippen LogP contribution in [0.5, 0.6) is 0 Å². The van der Waals surface area contributed by atoms with E-state index >= 15 is 0 Å². The van der Waals surface area contributed by atoms with E-state index in [4.69, 9.17) is 14.9 Å². The number of nitrogen functional groups attached to an aromatic ring is 1. The van der Waals surface area contributed by atoms with Crippen LogP contribution >= 0.6 is 0 Å². The molecule has 0 spiro atoms. The van der Waals surface area contributed by atoms with Crippen LogP contribution in [0.3, 0.4) is 0 Å². The molecule has 5 rings (SSSR count). The summed E-state index contributed by atoms with van der Waals surface area (Å²) >= 11 is 0. The predicted octanol–water partition coefficient (Wildman–Crippen LogP) is 6.58. The van der Waals surface area contributed by atoms with E-state index in [-0.39, 0.29) is 40.3 Å². The minimum absolute atomic E-state index is 0.0606. The first kappa shape index (κ1) is 24.0. The van der Waals surface area contributed by atoms with Gasteiger partial charge in [-0.1, -0.05) is 25.1 Å². The lowest BCUT2D eigenvalue weighted by Gasteiger charge is -2.24. The van der Waals surface area contributed by atoms with Gasteiger partial charge in [0, 0.05) is 40.6 Å². The maximum Gasteiger partial charge on any atom is 0.420 e. The molecule has 9 heteroatoms. The number of rotatable bonds is 9. The standard InChI is InChI=1S/C27H26F3N3O3/c1-2-17(25-24(16-8-9-16)32-13-33-25)22(35-14-34)12-15-7-10-21-19(11-15)23(27(28,29)30)26(36-21)18-5-3-4-6-20(18)31/h3-7,10-11,13-14,16-17,22H,2,8-9,12,31H2,1H3,(H,32,33). The van der Waals surface area contributed by atoms with Gasteiger partial charge in [0.2, 0.25) is 0 Å². The van der Waals surface area contributed by atoms with Crippen molar-refractivity contribution in [1.82, 2.24) is 9.97 Å². The van der Waals surface area contributed by atoms with E-state index in [1.807, 2.05) is 6.92 Å². The molecule has 2 unspecified atom stereocenters. The second-order valence-corrected chi connectivity index (χ2v) is 9.19. The molecule has 2 atom stereocenters. The van der Waals surface area contributed by atoms with E-state index in [0.717, 1.165) is 24.2 Å². The van der Waals surface area contributed by atoms with Gasteiger partial charge in [0.25, 0.3) is 6.47 Å². The van der Waals surface area contributed by atoms with Gasteiger partial charge in [-0.2, -0.15) is 13.2 Å². The zero-order valence-corrected chi connectivity index (χ0v) is 19.6. The Morgan fingerprint density at radius 3 is 2.69 bits per heavy atom. The van der Waals surface area contributed by atoms with Gasteiger partial charge >= 0.3 is 6.18 Å². The van der Waals surface area contributed by atoms with E-state index in [2.05, 4.69) is 9.97 Å². The average Bonchev–Trinajstić information content (AvgIpc) is 3.43. The molecule has 0 bridgehead atoms. The fourth-order valence-corrected chi connectivity index (χ4v) is 4.98. The number of halogens is 3. The molecule has 1 saturated carbocycles.